The third kappa shape index (κ3) is 3.47. The van der Waals surface area contributed by atoms with Crippen LogP contribution in [0.15, 0.2) is 24.3 Å². The zero-order chi connectivity index (χ0) is 14.7. The van der Waals surface area contributed by atoms with Crippen LogP contribution < -0.4 is 15.5 Å². The van der Waals surface area contributed by atoms with Crippen LogP contribution in [-0.4, -0.2) is 50.7 Å². The number of carbonyl (C=O) groups excluding carboxylic acids is 1. The maximum atomic E-state index is 11.6. The van der Waals surface area contributed by atoms with Gasteiger partial charge < -0.3 is 15.5 Å². The molecule has 5 nitrogen and oxygen atoms in total. The highest BCUT2D eigenvalue weighted by molar-refractivity contribution is 5.94. The molecule has 2 aliphatic heterocycles. The third-order valence-corrected chi connectivity index (χ3v) is 4.47. The highest BCUT2D eigenvalue weighted by atomic mass is 16.2. The Bertz CT molecular complexity index is 480. The summed E-state index contributed by atoms with van der Waals surface area (Å²) in [5.41, 5.74) is 2.10. The van der Waals surface area contributed by atoms with Crippen molar-refractivity contribution in [3.8, 4) is 0 Å². The SMILES string of the molecule is CN1CCC(CNc2ccc(N3CCNC3=O)cc2)CC1. The molecule has 2 fully saturated rings. The molecule has 0 bridgehead atoms. The van der Waals surface area contributed by atoms with Gasteiger partial charge in [0.05, 0.1) is 0 Å². The zero-order valence-electron chi connectivity index (χ0n) is 12.6. The maximum Gasteiger partial charge on any atom is 0.321 e. The molecule has 0 aliphatic carbocycles. The molecule has 2 saturated heterocycles. The maximum absolute atomic E-state index is 11.6. The van der Waals surface area contributed by atoms with E-state index in [0.29, 0.717) is 0 Å². The molecule has 3 rings (SSSR count). The Morgan fingerprint density at radius 1 is 1.19 bits per heavy atom. The number of hydrogen-bond acceptors (Lipinski definition) is 3. The Balaban J connectivity index is 1.51. The van der Waals surface area contributed by atoms with Crippen molar-refractivity contribution in [1.82, 2.24) is 10.2 Å². The van der Waals surface area contributed by atoms with E-state index in [1.165, 1.54) is 25.9 Å². The van der Waals surface area contributed by atoms with E-state index < -0.39 is 0 Å². The predicted molar refractivity (Wildman–Crippen MR) is 85.9 cm³/mol. The number of nitrogens with one attached hydrogen (secondary N) is 2. The number of hydrogen-bond donors (Lipinski definition) is 2. The second-order valence-corrected chi connectivity index (χ2v) is 6.06. The van der Waals surface area contributed by atoms with Crippen molar-refractivity contribution in [2.45, 2.75) is 12.8 Å². The smallest absolute Gasteiger partial charge is 0.321 e. The molecule has 0 aromatic heterocycles. The largest absolute Gasteiger partial charge is 0.385 e. The first-order valence-corrected chi connectivity index (χ1v) is 7.80. The molecule has 2 amide bonds. The highest BCUT2D eigenvalue weighted by Gasteiger charge is 2.21. The van der Waals surface area contributed by atoms with Crippen molar-refractivity contribution in [1.29, 1.82) is 0 Å². The summed E-state index contributed by atoms with van der Waals surface area (Å²) < 4.78 is 0. The molecular weight excluding hydrogens is 264 g/mol. The summed E-state index contributed by atoms with van der Waals surface area (Å²) in [6.07, 6.45) is 2.55. The molecule has 0 spiro atoms. The first-order valence-electron chi connectivity index (χ1n) is 7.80. The lowest BCUT2D eigenvalue weighted by molar-refractivity contribution is 0.226. The third-order valence-electron chi connectivity index (χ3n) is 4.47. The van der Waals surface area contributed by atoms with E-state index in [2.05, 4.69) is 34.7 Å². The van der Waals surface area contributed by atoms with Gasteiger partial charge in [-0.25, -0.2) is 4.79 Å². The monoisotopic (exact) mass is 288 g/mol. The molecule has 114 valence electrons. The number of rotatable bonds is 4. The average molecular weight is 288 g/mol. The van der Waals surface area contributed by atoms with Crippen LogP contribution in [0.2, 0.25) is 0 Å². The van der Waals surface area contributed by atoms with Gasteiger partial charge in [-0.15, -0.1) is 0 Å². The fourth-order valence-electron chi connectivity index (χ4n) is 3.01. The van der Waals surface area contributed by atoms with Crippen LogP contribution in [0.3, 0.4) is 0 Å². The summed E-state index contributed by atoms with van der Waals surface area (Å²) in [7, 11) is 2.19. The minimum Gasteiger partial charge on any atom is -0.385 e. The standard InChI is InChI=1S/C16H24N4O/c1-19-9-6-13(7-10-19)12-18-14-2-4-15(5-3-14)20-11-8-17-16(20)21/h2-5,13,18H,6-12H2,1H3,(H,17,21). The van der Waals surface area contributed by atoms with Crippen molar-refractivity contribution < 1.29 is 4.79 Å². The Labute approximate surface area is 126 Å². The number of nitrogens with zero attached hydrogens (tertiary/aromatic N) is 2. The molecule has 2 N–H and O–H groups in total. The van der Waals surface area contributed by atoms with Crippen LogP contribution in [0.4, 0.5) is 16.2 Å². The topological polar surface area (TPSA) is 47.6 Å². The average Bonchev–Trinajstić information content (AvgIpc) is 2.93. The van der Waals surface area contributed by atoms with E-state index in [1.54, 1.807) is 4.90 Å². The molecule has 0 saturated carbocycles. The lowest BCUT2D eigenvalue weighted by Gasteiger charge is -2.29. The summed E-state index contributed by atoms with van der Waals surface area (Å²) in [5.74, 6) is 0.769. The van der Waals surface area contributed by atoms with Gasteiger partial charge in [-0.2, -0.15) is 0 Å². The van der Waals surface area contributed by atoms with Gasteiger partial charge in [0.25, 0.3) is 0 Å². The van der Waals surface area contributed by atoms with E-state index in [-0.39, 0.29) is 6.03 Å². The van der Waals surface area contributed by atoms with Gasteiger partial charge in [0, 0.05) is 31.0 Å². The van der Waals surface area contributed by atoms with Gasteiger partial charge in [-0.1, -0.05) is 0 Å². The van der Waals surface area contributed by atoms with Gasteiger partial charge in [-0.05, 0) is 63.2 Å². The molecule has 21 heavy (non-hydrogen) atoms. The highest BCUT2D eigenvalue weighted by Crippen LogP contribution is 2.21. The minimum atomic E-state index is 0.00188. The van der Waals surface area contributed by atoms with E-state index in [0.717, 1.165) is 36.9 Å². The molecule has 2 heterocycles. The first kappa shape index (κ1) is 14.2. The van der Waals surface area contributed by atoms with Crippen molar-refractivity contribution in [3.05, 3.63) is 24.3 Å². The number of benzene rings is 1. The Hall–Kier alpha value is -1.75. The predicted octanol–water partition coefficient (Wildman–Crippen LogP) is 1.97. The van der Waals surface area contributed by atoms with Gasteiger partial charge in [0.2, 0.25) is 0 Å². The number of anilines is 2. The molecule has 5 heteroatoms. The number of urea groups is 1. The molecule has 0 radical (unpaired) electrons. The van der Waals surface area contributed by atoms with Crippen LogP contribution in [0, 0.1) is 5.92 Å². The van der Waals surface area contributed by atoms with Gasteiger partial charge in [0.15, 0.2) is 0 Å². The normalized spacial score (nSPS) is 20.6. The molecule has 1 aromatic carbocycles. The van der Waals surface area contributed by atoms with Crippen molar-refractivity contribution in [2.24, 2.45) is 5.92 Å². The summed E-state index contributed by atoms with van der Waals surface area (Å²) >= 11 is 0. The van der Waals surface area contributed by atoms with Crippen LogP contribution >= 0.6 is 0 Å². The quantitative estimate of drug-likeness (QED) is 0.890. The fraction of sp³-hybridized carbons (Fsp3) is 0.562. The van der Waals surface area contributed by atoms with Crippen LogP contribution in [0.25, 0.3) is 0 Å². The zero-order valence-corrected chi connectivity index (χ0v) is 12.6. The van der Waals surface area contributed by atoms with E-state index >= 15 is 0 Å². The second kappa shape index (κ2) is 6.35. The van der Waals surface area contributed by atoms with Gasteiger partial charge in [-0.3, -0.25) is 4.90 Å². The molecule has 0 atom stereocenters. The number of likely N-dealkylation sites (tertiary alicyclic amines) is 1. The molecular formula is C16H24N4O. The molecule has 2 aliphatic rings. The van der Waals surface area contributed by atoms with Crippen LogP contribution in [0.5, 0.6) is 0 Å². The summed E-state index contributed by atoms with van der Waals surface area (Å²) in [4.78, 5) is 15.8. The number of piperidine rings is 1. The lowest BCUT2D eigenvalue weighted by Crippen LogP contribution is -2.32. The minimum absolute atomic E-state index is 0.00188. The Morgan fingerprint density at radius 2 is 1.90 bits per heavy atom. The van der Waals surface area contributed by atoms with Crippen molar-refractivity contribution in [2.75, 3.05) is 50.0 Å². The summed E-state index contributed by atoms with van der Waals surface area (Å²) in [5, 5.41) is 6.34. The molecule has 0 unspecified atom stereocenters. The van der Waals surface area contributed by atoms with Gasteiger partial charge >= 0.3 is 6.03 Å². The number of amides is 2. The second-order valence-electron chi connectivity index (χ2n) is 6.06. The lowest BCUT2D eigenvalue weighted by atomic mass is 9.97. The van der Waals surface area contributed by atoms with Crippen molar-refractivity contribution >= 4 is 17.4 Å². The fourth-order valence-corrected chi connectivity index (χ4v) is 3.01. The van der Waals surface area contributed by atoms with E-state index in [9.17, 15) is 4.79 Å². The van der Waals surface area contributed by atoms with E-state index in [1.807, 2.05) is 12.1 Å². The number of carbonyl (C=O) groups is 1. The van der Waals surface area contributed by atoms with Crippen molar-refractivity contribution in [3.63, 3.8) is 0 Å². The van der Waals surface area contributed by atoms with Gasteiger partial charge in [0.1, 0.15) is 0 Å². The van der Waals surface area contributed by atoms with Crippen LogP contribution in [0.1, 0.15) is 12.8 Å². The summed E-state index contributed by atoms with van der Waals surface area (Å²) in [6.45, 7) is 4.93. The Morgan fingerprint density at radius 3 is 2.52 bits per heavy atom. The first-order chi connectivity index (χ1) is 10.2. The Kier molecular flexibility index (Phi) is 4.29. The van der Waals surface area contributed by atoms with E-state index in [4.69, 9.17) is 0 Å². The summed E-state index contributed by atoms with van der Waals surface area (Å²) in [6, 6.07) is 8.16. The molecule has 1 aromatic rings. The van der Waals surface area contributed by atoms with Crippen LogP contribution in [-0.2, 0) is 0 Å².